The van der Waals surface area contributed by atoms with Gasteiger partial charge in [-0.2, -0.15) is 0 Å². The molecule has 0 radical (unpaired) electrons. The number of hydrogen-bond acceptors (Lipinski definition) is 2. The summed E-state index contributed by atoms with van der Waals surface area (Å²) >= 11 is 2.88. The SMILES string of the molecule is O=C(CNc1cc(F)c(Br)cc1F)Nc1ccccc1. The normalized spacial score (nSPS) is 10.2. The number of nitrogens with one attached hydrogen (secondary N) is 2. The van der Waals surface area contributed by atoms with Crippen molar-refractivity contribution < 1.29 is 13.6 Å². The van der Waals surface area contributed by atoms with Crippen molar-refractivity contribution in [2.75, 3.05) is 17.2 Å². The highest BCUT2D eigenvalue weighted by atomic mass is 79.9. The van der Waals surface area contributed by atoms with E-state index >= 15 is 0 Å². The molecule has 0 aromatic heterocycles. The van der Waals surface area contributed by atoms with Gasteiger partial charge in [-0.25, -0.2) is 8.78 Å². The van der Waals surface area contributed by atoms with Crippen molar-refractivity contribution in [2.45, 2.75) is 0 Å². The Labute approximate surface area is 123 Å². The Bertz CT molecular complexity index is 620. The number of hydrogen-bond donors (Lipinski definition) is 2. The molecule has 2 rings (SSSR count). The first-order chi connectivity index (χ1) is 9.56. The van der Waals surface area contributed by atoms with Crippen molar-refractivity contribution in [1.82, 2.24) is 0 Å². The van der Waals surface area contributed by atoms with Crippen LogP contribution in [-0.4, -0.2) is 12.5 Å². The van der Waals surface area contributed by atoms with Crippen LogP contribution in [-0.2, 0) is 4.79 Å². The van der Waals surface area contributed by atoms with E-state index in [1.165, 1.54) is 0 Å². The minimum Gasteiger partial charge on any atom is -0.374 e. The molecule has 2 N–H and O–H groups in total. The zero-order valence-corrected chi connectivity index (χ0v) is 11.9. The van der Waals surface area contributed by atoms with Crippen LogP contribution in [0.3, 0.4) is 0 Å². The second-order valence-electron chi connectivity index (χ2n) is 4.01. The van der Waals surface area contributed by atoms with E-state index in [1.807, 2.05) is 6.07 Å². The van der Waals surface area contributed by atoms with Crippen LogP contribution in [0.5, 0.6) is 0 Å². The smallest absolute Gasteiger partial charge is 0.243 e. The second-order valence-corrected chi connectivity index (χ2v) is 4.87. The summed E-state index contributed by atoms with van der Waals surface area (Å²) in [7, 11) is 0. The highest BCUT2D eigenvalue weighted by molar-refractivity contribution is 9.10. The number of anilines is 2. The Morgan fingerprint density at radius 3 is 2.50 bits per heavy atom. The zero-order valence-electron chi connectivity index (χ0n) is 10.3. The molecule has 0 unspecified atom stereocenters. The molecule has 0 fully saturated rings. The number of carbonyl (C=O) groups excluding carboxylic acids is 1. The van der Waals surface area contributed by atoms with E-state index in [2.05, 4.69) is 26.6 Å². The van der Waals surface area contributed by atoms with Crippen LogP contribution in [0.25, 0.3) is 0 Å². The topological polar surface area (TPSA) is 41.1 Å². The summed E-state index contributed by atoms with van der Waals surface area (Å²) in [6, 6.07) is 10.9. The molecule has 2 aromatic rings. The van der Waals surface area contributed by atoms with E-state index in [-0.39, 0.29) is 22.6 Å². The summed E-state index contributed by atoms with van der Waals surface area (Å²) in [5.74, 6) is -1.58. The molecule has 0 aliphatic heterocycles. The molecule has 104 valence electrons. The Balaban J connectivity index is 1.95. The van der Waals surface area contributed by atoms with Gasteiger partial charge in [-0.15, -0.1) is 0 Å². The first-order valence-corrected chi connectivity index (χ1v) is 6.59. The van der Waals surface area contributed by atoms with E-state index in [0.717, 1.165) is 12.1 Å². The van der Waals surface area contributed by atoms with Crippen molar-refractivity contribution >= 4 is 33.2 Å². The number of rotatable bonds is 4. The monoisotopic (exact) mass is 340 g/mol. The minimum absolute atomic E-state index is 0.0364. The van der Waals surface area contributed by atoms with Crippen LogP contribution < -0.4 is 10.6 Å². The maximum Gasteiger partial charge on any atom is 0.243 e. The lowest BCUT2D eigenvalue weighted by molar-refractivity contribution is -0.114. The molecule has 3 nitrogen and oxygen atoms in total. The van der Waals surface area contributed by atoms with Crippen molar-refractivity contribution in [1.29, 1.82) is 0 Å². The molecule has 0 aliphatic rings. The quantitative estimate of drug-likeness (QED) is 0.831. The predicted molar refractivity (Wildman–Crippen MR) is 77.6 cm³/mol. The summed E-state index contributed by atoms with van der Waals surface area (Å²) in [6.07, 6.45) is 0. The van der Waals surface area contributed by atoms with Gasteiger partial charge in [-0.05, 0) is 34.1 Å². The number of halogens is 3. The van der Waals surface area contributed by atoms with Crippen molar-refractivity contribution in [3.8, 4) is 0 Å². The second kappa shape index (κ2) is 6.47. The third-order valence-corrected chi connectivity index (χ3v) is 3.11. The molecule has 2 aromatic carbocycles. The third kappa shape index (κ3) is 3.77. The fourth-order valence-corrected chi connectivity index (χ4v) is 1.88. The van der Waals surface area contributed by atoms with Crippen LogP contribution in [0.4, 0.5) is 20.2 Å². The zero-order chi connectivity index (χ0) is 14.5. The first-order valence-electron chi connectivity index (χ1n) is 5.79. The highest BCUT2D eigenvalue weighted by Crippen LogP contribution is 2.23. The molecule has 0 saturated carbocycles. The van der Waals surface area contributed by atoms with E-state index < -0.39 is 11.6 Å². The van der Waals surface area contributed by atoms with Gasteiger partial charge in [0.1, 0.15) is 11.6 Å². The molecule has 20 heavy (non-hydrogen) atoms. The lowest BCUT2D eigenvalue weighted by atomic mass is 10.3. The van der Waals surface area contributed by atoms with Gasteiger partial charge in [0.25, 0.3) is 0 Å². The lowest BCUT2D eigenvalue weighted by Crippen LogP contribution is -2.22. The number of carbonyl (C=O) groups is 1. The maximum atomic E-state index is 13.5. The number of amides is 1. The Morgan fingerprint density at radius 2 is 1.80 bits per heavy atom. The van der Waals surface area contributed by atoms with E-state index in [4.69, 9.17) is 0 Å². The van der Waals surface area contributed by atoms with E-state index in [9.17, 15) is 13.6 Å². The van der Waals surface area contributed by atoms with E-state index in [1.54, 1.807) is 24.3 Å². The molecule has 0 heterocycles. The Kier molecular flexibility index (Phi) is 4.68. The summed E-state index contributed by atoms with van der Waals surface area (Å²) in [5, 5.41) is 5.18. The van der Waals surface area contributed by atoms with Gasteiger partial charge >= 0.3 is 0 Å². The molecule has 0 atom stereocenters. The van der Waals surface area contributed by atoms with Crippen molar-refractivity contribution in [3.05, 3.63) is 58.6 Å². The molecule has 0 aliphatic carbocycles. The standard InChI is InChI=1S/C14H11BrF2N2O/c15-10-6-12(17)13(7-11(10)16)18-8-14(20)19-9-4-2-1-3-5-9/h1-7,18H,8H2,(H,19,20). The van der Waals surface area contributed by atoms with Gasteiger partial charge in [0, 0.05) is 11.8 Å². The van der Waals surface area contributed by atoms with Gasteiger partial charge < -0.3 is 10.6 Å². The molecule has 6 heteroatoms. The number of benzene rings is 2. The molecular formula is C14H11BrF2N2O. The third-order valence-electron chi connectivity index (χ3n) is 2.51. The van der Waals surface area contributed by atoms with Crippen molar-refractivity contribution in [3.63, 3.8) is 0 Å². The van der Waals surface area contributed by atoms with Crippen molar-refractivity contribution in [2.24, 2.45) is 0 Å². The summed E-state index contributed by atoms with van der Waals surface area (Å²) in [4.78, 5) is 11.6. The minimum atomic E-state index is -0.634. The Morgan fingerprint density at radius 1 is 1.10 bits per heavy atom. The predicted octanol–water partition coefficient (Wildman–Crippen LogP) is 3.78. The van der Waals surface area contributed by atoms with Crippen LogP contribution in [0, 0.1) is 11.6 Å². The Hall–Kier alpha value is -1.95. The summed E-state index contributed by atoms with van der Waals surface area (Å²) in [6.45, 7) is -0.160. The highest BCUT2D eigenvalue weighted by Gasteiger charge is 2.09. The lowest BCUT2D eigenvalue weighted by Gasteiger charge is -2.09. The largest absolute Gasteiger partial charge is 0.374 e. The summed E-state index contributed by atoms with van der Waals surface area (Å²) < 4.78 is 26.8. The first kappa shape index (κ1) is 14.5. The fraction of sp³-hybridized carbons (Fsp3) is 0.0714. The van der Waals surface area contributed by atoms with Crippen LogP contribution in [0.2, 0.25) is 0 Å². The molecule has 0 spiro atoms. The van der Waals surface area contributed by atoms with Gasteiger partial charge in [0.2, 0.25) is 5.91 Å². The van der Waals surface area contributed by atoms with Gasteiger partial charge in [-0.1, -0.05) is 18.2 Å². The molecule has 0 saturated heterocycles. The molecule has 0 bridgehead atoms. The van der Waals surface area contributed by atoms with Crippen LogP contribution in [0.1, 0.15) is 0 Å². The van der Waals surface area contributed by atoms with Crippen LogP contribution in [0.15, 0.2) is 46.9 Å². The van der Waals surface area contributed by atoms with Gasteiger partial charge in [-0.3, -0.25) is 4.79 Å². The van der Waals surface area contributed by atoms with E-state index in [0.29, 0.717) is 5.69 Å². The van der Waals surface area contributed by atoms with Gasteiger partial charge in [0.15, 0.2) is 0 Å². The average molecular weight is 341 g/mol. The maximum absolute atomic E-state index is 13.5. The van der Waals surface area contributed by atoms with Crippen LogP contribution >= 0.6 is 15.9 Å². The molecule has 1 amide bonds. The van der Waals surface area contributed by atoms with Gasteiger partial charge in [0.05, 0.1) is 16.7 Å². The molecular weight excluding hydrogens is 330 g/mol. The summed E-state index contributed by atoms with van der Waals surface area (Å²) in [5.41, 5.74) is 0.579. The number of para-hydroxylation sites is 1. The fourth-order valence-electron chi connectivity index (χ4n) is 1.56. The average Bonchev–Trinajstić information content (AvgIpc) is 2.42.